The summed E-state index contributed by atoms with van der Waals surface area (Å²) in [7, 11) is 1.62. The van der Waals surface area contributed by atoms with E-state index < -0.39 is 0 Å². The number of carbonyl (C=O) groups is 2. The van der Waals surface area contributed by atoms with Gasteiger partial charge >= 0.3 is 0 Å². The van der Waals surface area contributed by atoms with E-state index in [0.29, 0.717) is 32.4 Å². The van der Waals surface area contributed by atoms with E-state index in [1.807, 2.05) is 78.0 Å². The number of ether oxygens (including phenoxy) is 1. The quantitative estimate of drug-likeness (QED) is 0.623. The van der Waals surface area contributed by atoms with Crippen LogP contribution < -0.4 is 10.1 Å². The molecule has 0 atom stereocenters. The summed E-state index contributed by atoms with van der Waals surface area (Å²) in [6.07, 6.45) is 1.70. The minimum Gasteiger partial charge on any atom is -0.497 e. The van der Waals surface area contributed by atoms with Gasteiger partial charge in [-0.25, -0.2) is 4.68 Å². The number of hydrogen-bond donors (Lipinski definition) is 1. The summed E-state index contributed by atoms with van der Waals surface area (Å²) in [5.74, 6) is 0.792. The van der Waals surface area contributed by atoms with Gasteiger partial charge in [0.2, 0.25) is 11.8 Å². The maximum Gasteiger partial charge on any atom is 0.227 e. The molecule has 1 fully saturated rings. The molecule has 2 heterocycles. The molecule has 4 rings (SSSR count). The van der Waals surface area contributed by atoms with Gasteiger partial charge in [-0.2, -0.15) is 5.10 Å². The molecular weight excluding hydrogens is 416 g/mol. The van der Waals surface area contributed by atoms with Crippen LogP contribution in [0.5, 0.6) is 5.75 Å². The van der Waals surface area contributed by atoms with E-state index in [1.165, 1.54) is 0 Å². The smallest absolute Gasteiger partial charge is 0.227 e. The third-order valence-corrected chi connectivity index (χ3v) is 6.12. The number of nitrogens with zero attached hydrogens (tertiary/aromatic N) is 3. The summed E-state index contributed by atoms with van der Waals surface area (Å²) in [5, 5.41) is 7.51. The van der Waals surface area contributed by atoms with E-state index in [0.717, 1.165) is 34.1 Å². The number of aryl methyl sites for hydroxylation is 2. The number of rotatable bonds is 6. The second-order valence-electron chi connectivity index (χ2n) is 8.55. The predicted molar refractivity (Wildman–Crippen MR) is 128 cm³/mol. The van der Waals surface area contributed by atoms with Crippen LogP contribution in [0.1, 0.15) is 29.8 Å². The van der Waals surface area contributed by atoms with E-state index >= 15 is 0 Å². The molecule has 0 aliphatic carbocycles. The Bertz CT molecular complexity index is 1110. The van der Waals surface area contributed by atoms with Crippen molar-refractivity contribution in [3.05, 3.63) is 71.5 Å². The molecule has 7 nitrogen and oxygen atoms in total. The van der Waals surface area contributed by atoms with Gasteiger partial charge in [0.05, 0.1) is 24.9 Å². The molecular formula is C26H30N4O3. The molecule has 33 heavy (non-hydrogen) atoms. The van der Waals surface area contributed by atoms with Gasteiger partial charge in [0, 0.05) is 30.4 Å². The second-order valence-corrected chi connectivity index (χ2v) is 8.55. The maximum atomic E-state index is 12.8. The number of piperidine rings is 1. The molecule has 1 aliphatic rings. The number of amides is 2. The third-order valence-electron chi connectivity index (χ3n) is 6.12. The molecule has 172 valence electrons. The van der Waals surface area contributed by atoms with Gasteiger partial charge in [-0.15, -0.1) is 0 Å². The molecule has 0 unspecified atom stereocenters. The van der Waals surface area contributed by atoms with E-state index in [1.54, 1.807) is 7.11 Å². The first-order valence-electron chi connectivity index (χ1n) is 11.3. The maximum absolute atomic E-state index is 12.8. The molecule has 1 aromatic heterocycles. The van der Waals surface area contributed by atoms with Gasteiger partial charge in [-0.05, 0) is 74.7 Å². The fourth-order valence-corrected chi connectivity index (χ4v) is 4.24. The van der Waals surface area contributed by atoms with Gasteiger partial charge in [0.25, 0.3) is 0 Å². The Labute approximate surface area is 194 Å². The van der Waals surface area contributed by atoms with Crippen molar-refractivity contribution in [2.75, 3.05) is 25.5 Å². The molecule has 0 bridgehead atoms. The van der Waals surface area contributed by atoms with E-state index in [9.17, 15) is 9.59 Å². The van der Waals surface area contributed by atoms with Crippen molar-refractivity contribution in [3.8, 4) is 11.4 Å². The minimum absolute atomic E-state index is 0.0103. The van der Waals surface area contributed by atoms with Gasteiger partial charge < -0.3 is 15.0 Å². The normalized spacial score (nSPS) is 14.2. The molecule has 1 saturated heterocycles. The largest absolute Gasteiger partial charge is 0.497 e. The zero-order valence-electron chi connectivity index (χ0n) is 19.4. The summed E-state index contributed by atoms with van der Waals surface area (Å²) < 4.78 is 7.05. The SMILES string of the molecule is COc1ccc(CC(=O)N2CCC(C(=O)Nc3ccc(-n4nc(C)cc4C)cc3)CC2)cc1. The van der Waals surface area contributed by atoms with Crippen molar-refractivity contribution in [1.82, 2.24) is 14.7 Å². The van der Waals surface area contributed by atoms with Gasteiger partial charge in [-0.3, -0.25) is 9.59 Å². The first-order chi connectivity index (χ1) is 15.9. The number of nitrogens with one attached hydrogen (secondary N) is 1. The van der Waals surface area contributed by atoms with Crippen LogP contribution in [-0.2, 0) is 16.0 Å². The van der Waals surface area contributed by atoms with Crippen LogP contribution in [-0.4, -0.2) is 46.7 Å². The Balaban J connectivity index is 1.27. The van der Waals surface area contributed by atoms with E-state index in [-0.39, 0.29) is 17.7 Å². The zero-order chi connectivity index (χ0) is 23.4. The van der Waals surface area contributed by atoms with Crippen LogP contribution in [0, 0.1) is 19.8 Å². The number of methoxy groups -OCH3 is 1. The summed E-state index contributed by atoms with van der Waals surface area (Å²) in [4.78, 5) is 27.3. The highest BCUT2D eigenvalue weighted by molar-refractivity contribution is 5.92. The summed E-state index contributed by atoms with van der Waals surface area (Å²) in [6.45, 7) is 5.19. The summed E-state index contributed by atoms with van der Waals surface area (Å²) in [5.41, 5.74) is 4.73. The average Bonchev–Trinajstić information content (AvgIpc) is 3.17. The number of anilines is 1. The molecule has 1 N–H and O–H groups in total. The van der Waals surface area contributed by atoms with Gasteiger partial charge in [0.1, 0.15) is 5.75 Å². The average molecular weight is 447 g/mol. The van der Waals surface area contributed by atoms with Crippen molar-refractivity contribution in [2.45, 2.75) is 33.1 Å². The summed E-state index contributed by atoms with van der Waals surface area (Å²) in [6, 6.07) is 17.3. The van der Waals surface area contributed by atoms with Crippen molar-refractivity contribution in [2.24, 2.45) is 5.92 Å². The molecule has 0 spiro atoms. The Morgan fingerprint density at radius 1 is 1.03 bits per heavy atom. The fraction of sp³-hybridized carbons (Fsp3) is 0.346. The number of likely N-dealkylation sites (tertiary alicyclic amines) is 1. The topological polar surface area (TPSA) is 76.5 Å². The first-order valence-corrected chi connectivity index (χ1v) is 11.3. The van der Waals surface area contributed by atoms with Crippen LogP contribution in [0.25, 0.3) is 5.69 Å². The molecule has 1 aliphatic heterocycles. The molecule has 7 heteroatoms. The number of aromatic nitrogens is 2. The highest BCUT2D eigenvalue weighted by Crippen LogP contribution is 2.22. The highest BCUT2D eigenvalue weighted by Gasteiger charge is 2.27. The summed E-state index contributed by atoms with van der Waals surface area (Å²) >= 11 is 0. The Morgan fingerprint density at radius 3 is 2.27 bits per heavy atom. The zero-order valence-corrected chi connectivity index (χ0v) is 19.4. The van der Waals surface area contributed by atoms with Crippen LogP contribution in [0.4, 0.5) is 5.69 Å². The highest BCUT2D eigenvalue weighted by atomic mass is 16.5. The molecule has 0 radical (unpaired) electrons. The Kier molecular flexibility index (Phi) is 6.77. The van der Waals surface area contributed by atoms with Crippen LogP contribution >= 0.6 is 0 Å². The second kappa shape index (κ2) is 9.90. The van der Waals surface area contributed by atoms with Crippen molar-refractivity contribution in [1.29, 1.82) is 0 Å². The van der Waals surface area contributed by atoms with Gasteiger partial charge in [-0.1, -0.05) is 12.1 Å². The molecule has 0 saturated carbocycles. The minimum atomic E-state index is -0.0919. The van der Waals surface area contributed by atoms with Crippen LogP contribution in [0.2, 0.25) is 0 Å². The Morgan fingerprint density at radius 2 is 1.70 bits per heavy atom. The van der Waals surface area contributed by atoms with Crippen LogP contribution in [0.15, 0.2) is 54.6 Å². The molecule has 2 aromatic carbocycles. The first kappa shape index (κ1) is 22.6. The number of carbonyl (C=O) groups excluding carboxylic acids is 2. The number of hydrogen-bond acceptors (Lipinski definition) is 4. The van der Waals surface area contributed by atoms with Crippen molar-refractivity contribution >= 4 is 17.5 Å². The van der Waals surface area contributed by atoms with Crippen molar-refractivity contribution < 1.29 is 14.3 Å². The fourth-order valence-electron chi connectivity index (χ4n) is 4.24. The lowest BCUT2D eigenvalue weighted by Crippen LogP contribution is -2.42. The molecule has 2 amide bonds. The third kappa shape index (κ3) is 5.42. The lowest BCUT2D eigenvalue weighted by molar-refractivity contribution is -0.133. The standard InChI is InChI=1S/C26H30N4O3/c1-18-16-19(2)30(28-18)23-8-6-22(7-9-23)27-26(32)21-12-14-29(15-13-21)25(31)17-20-4-10-24(33-3)11-5-20/h4-11,16,21H,12-15,17H2,1-3H3,(H,27,32). The lowest BCUT2D eigenvalue weighted by Gasteiger charge is -2.31. The number of benzene rings is 2. The monoisotopic (exact) mass is 446 g/mol. The van der Waals surface area contributed by atoms with E-state index in [4.69, 9.17) is 4.74 Å². The van der Waals surface area contributed by atoms with Gasteiger partial charge in [0.15, 0.2) is 0 Å². The Hall–Kier alpha value is -3.61. The lowest BCUT2D eigenvalue weighted by atomic mass is 9.95. The van der Waals surface area contributed by atoms with E-state index in [2.05, 4.69) is 10.4 Å². The molecule has 3 aromatic rings. The predicted octanol–water partition coefficient (Wildman–Crippen LogP) is 3.92. The van der Waals surface area contributed by atoms with Crippen LogP contribution in [0.3, 0.4) is 0 Å². The van der Waals surface area contributed by atoms with Crippen molar-refractivity contribution in [3.63, 3.8) is 0 Å².